The molecule has 26 heavy (non-hydrogen) atoms. The van der Waals surface area contributed by atoms with Crippen molar-refractivity contribution in [2.75, 3.05) is 11.9 Å². The van der Waals surface area contributed by atoms with Crippen molar-refractivity contribution in [2.24, 2.45) is 0 Å². The van der Waals surface area contributed by atoms with Crippen molar-refractivity contribution in [2.45, 2.75) is 32.2 Å². The van der Waals surface area contributed by atoms with E-state index < -0.39 is 0 Å². The Kier molecular flexibility index (Phi) is 4.39. The first kappa shape index (κ1) is 16.3. The van der Waals surface area contributed by atoms with E-state index in [-0.39, 0.29) is 12.1 Å². The Morgan fingerprint density at radius 2 is 2.27 bits per heavy atom. The molecule has 0 spiro atoms. The number of rotatable bonds is 3. The molecule has 3 heterocycles. The standard InChI is InChI=1S/C18H19N5O3/c1-12-20-17(26-22-12)15-7-2-3-8-23(15)18(24)21-14-6-4-5-13(9-14)16-10-19-11-25-16/h4-6,9-11,15H,2-3,7-8H2,1H3,(H,21,24). The Bertz CT molecular complexity index is 890. The Morgan fingerprint density at radius 1 is 1.35 bits per heavy atom. The maximum absolute atomic E-state index is 12.8. The van der Waals surface area contributed by atoms with Crippen LogP contribution < -0.4 is 5.32 Å². The molecule has 1 aliphatic heterocycles. The van der Waals surface area contributed by atoms with Gasteiger partial charge in [-0.1, -0.05) is 17.3 Å². The van der Waals surface area contributed by atoms with E-state index in [4.69, 9.17) is 8.94 Å². The summed E-state index contributed by atoms with van der Waals surface area (Å²) in [5.41, 5.74) is 1.54. The zero-order chi connectivity index (χ0) is 17.9. The first-order valence-corrected chi connectivity index (χ1v) is 8.57. The molecule has 0 radical (unpaired) electrons. The third-order valence-electron chi connectivity index (χ3n) is 4.42. The van der Waals surface area contributed by atoms with Gasteiger partial charge in [0.05, 0.1) is 6.20 Å². The van der Waals surface area contributed by atoms with E-state index in [0.717, 1.165) is 24.8 Å². The number of amides is 2. The van der Waals surface area contributed by atoms with Crippen LogP contribution in [-0.2, 0) is 0 Å². The van der Waals surface area contributed by atoms with Crippen molar-refractivity contribution < 1.29 is 13.7 Å². The van der Waals surface area contributed by atoms with Crippen molar-refractivity contribution in [3.8, 4) is 11.3 Å². The van der Waals surface area contributed by atoms with Crippen molar-refractivity contribution in [1.29, 1.82) is 0 Å². The molecule has 1 aromatic carbocycles. The van der Waals surface area contributed by atoms with E-state index in [9.17, 15) is 4.79 Å². The monoisotopic (exact) mass is 353 g/mol. The number of likely N-dealkylation sites (tertiary alicyclic amines) is 1. The van der Waals surface area contributed by atoms with E-state index in [1.807, 2.05) is 24.3 Å². The summed E-state index contributed by atoms with van der Waals surface area (Å²) in [6.07, 6.45) is 5.81. The smallest absolute Gasteiger partial charge is 0.322 e. The van der Waals surface area contributed by atoms with Crippen LogP contribution in [-0.4, -0.2) is 32.6 Å². The third-order valence-corrected chi connectivity index (χ3v) is 4.42. The van der Waals surface area contributed by atoms with Gasteiger partial charge in [0.2, 0.25) is 5.89 Å². The molecule has 8 heteroatoms. The average molecular weight is 353 g/mol. The number of aromatic nitrogens is 3. The molecule has 1 fully saturated rings. The fraction of sp³-hybridized carbons (Fsp3) is 0.333. The summed E-state index contributed by atoms with van der Waals surface area (Å²) in [5.74, 6) is 1.72. The number of piperidine rings is 1. The van der Waals surface area contributed by atoms with Crippen LogP contribution in [0.1, 0.15) is 37.0 Å². The van der Waals surface area contributed by atoms with Gasteiger partial charge in [-0.25, -0.2) is 9.78 Å². The van der Waals surface area contributed by atoms with Crippen molar-refractivity contribution in [1.82, 2.24) is 20.0 Å². The second kappa shape index (κ2) is 6.99. The van der Waals surface area contributed by atoms with Gasteiger partial charge in [0.25, 0.3) is 0 Å². The fourth-order valence-electron chi connectivity index (χ4n) is 3.18. The second-order valence-corrected chi connectivity index (χ2v) is 6.26. The number of oxazole rings is 1. The molecule has 1 saturated heterocycles. The molecule has 1 N–H and O–H groups in total. The molecule has 0 aliphatic carbocycles. The van der Waals surface area contributed by atoms with Gasteiger partial charge in [-0.3, -0.25) is 0 Å². The Hall–Kier alpha value is -3.16. The molecule has 1 aliphatic rings. The van der Waals surface area contributed by atoms with Gasteiger partial charge in [-0.15, -0.1) is 0 Å². The molecule has 3 aromatic rings. The quantitative estimate of drug-likeness (QED) is 0.769. The van der Waals surface area contributed by atoms with Crippen LogP contribution in [0.3, 0.4) is 0 Å². The molecule has 1 unspecified atom stereocenters. The number of aryl methyl sites for hydroxylation is 1. The van der Waals surface area contributed by atoms with E-state index in [1.54, 1.807) is 18.0 Å². The van der Waals surface area contributed by atoms with E-state index in [0.29, 0.717) is 29.7 Å². The summed E-state index contributed by atoms with van der Waals surface area (Å²) in [6, 6.07) is 7.09. The average Bonchev–Trinajstić information content (AvgIpc) is 3.34. The lowest BCUT2D eigenvalue weighted by Crippen LogP contribution is -2.41. The molecule has 2 amide bonds. The van der Waals surface area contributed by atoms with Crippen LogP contribution >= 0.6 is 0 Å². The van der Waals surface area contributed by atoms with Crippen molar-refractivity contribution in [3.05, 3.63) is 48.6 Å². The van der Waals surface area contributed by atoms with Crippen molar-refractivity contribution in [3.63, 3.8) is 0 Å². The highest BCUT2D eigenvalue weighted by Gasteiger charge is 2.32. The Morgan fingerprint density at radius 3 is 3.04 bits per heavy atom. The van der Waals surface area contributed by atoms with E-state index in [2.05, 4.69) is 20.4 Å². The number of anilines is 1. The number of urea groups is 1. The summed E-state index contributed by atoms with van der Waals surface area (Å²) >= 11 is 0. The minimum atomic E-state index is -0.192. The van der Waals surface area contributed by atoms with Crippen LogP contribution in [0.2, 0.25) is 0 Å². The number of nitrogens with one attached hydrogen (secondary N) is 1. The largest absolute Gasteiger partial charge is 0.444 e. The summed E-state index contributed by atoms with van der Waals surface area (Å²) < 4.78 is 10.6. The van der Waals surface area contributed by atoms with E-state index >= 15 is 0 Å². The van der Waals surface area contributed by atoms with Crippen LogP contribution in [0, 0.1) is 6.92 Å². The molecule has 4 rings (SSSR count). The predicted molar refractivity (Wildman–Crippen MR) is 93.3 cm³/mol. The van der Waals surface area contributed by atoms with Crippen LogP contribution in [0.4, 0.5) is 10.5 Å². The molecule has 1 atom stereocenters. The normalized spacial score (nSPS) is 17.3. The fourth-order valence-corrected chi connectivity index (χ4v) is 3.18. The van der Waals surface area contributed by atoms with Gasteiger partial charge in [0, 0.05) is 17.8 Å². The van der Waals surface area contributed by atoms with E-state index in [1.165, 1.54) is 6.39 Å². The molecular weight excluding hydrogens is 334 g/mol. The molecule has 134 valence electrons. The lowest BCUT2D eigenvalue weighted by atomic mass is 10.0. The van der Waals surface area contributed by atoms with Crippen LogP contribution in [0.5, 0.6) is 0 Å². The summed E-state index contributed by atoms with van der Waals surface area (Å²) in [5, 5.41) is 6.80. The number of nitrogens with zero attached hydrogens (tertiary/aromatic N) is 4. The summed E-state index contributed by atoms with van der Waals surface area (Å²) in [4.78, 5) is 22.8. The lowest BCUT2D eigenvalue weighted by molar-refractivity contribution is 0.142. The minimum Gasteiger partial charge on any atom is -0.444 e. The van der Waals surface area contributed by atoms with Gasteiger partial charge in [-0.2, -0.15) is 4.98 Å². The number of hydrogen-bond donors (Lipinski definition) is 1. The molecule has 8 nitrogen and oxygen atoms in total. The van der Waals surface area contributed by atoms with Gasteiger partial charge >= 0.3 is 6.03 Å². The summed E-state index contributed by atoms with van der Waals surface area (Å²) in [7, 11) is 0. The Balaban J connectivity index is 1.52. The SMILES string of the molecule is Cc1noc(C2CCCCN2C(=O)Nc2cccc(-c3cnco3)c2)n1. The minimum absolute atomic E-state index is 0.180. The predicted octanol–water partition coefficient (Wildman–Crippen LogP) is 3.79. The lowest BCUT2D eigenvalue weighted by Gasteiger charge is -2.33. The number of carbonyl (C=O) groups is 1. The Labute approximate surface area is 150 Å². The van der Waals surface area contributed by atoms with Gasteiger partial charge < -0.3 is 19.2 Å². The molecular formula is C18H19N5O3. The zero-order valence-corrected chi connectivity index (χ0v) is 14.4. The van der Waals surface area contributed by atoms with Gasteiger partial charge in [0.1, 0.15) is 6.04 Å². The third kappa shape index (κ3) is 3.30. The van der Waals surface area contributed by atoms with Crippen molar-refractivity contribution >= 4 is 11.7 Å². The highest BCUT2D eigenvalue weighted by atomic mass is 16.5. The first-order valence-electron chi connectivity index (χ1n) is 8.57. The number of hydrogen-bond acceptors (Lipinski definition) is 6. The maximum Gasteiger partial charge on any atom is 0.322 e. The molecule has 0 bridgehead atoms. The number of benzene rings is 1. The maximum atomic E-state index is 12.8. The van der Waals surface area contributed by atoms with Crippen LogP contribution in [0.25, 0.3) is 11.3 Å². The van der Waals surface area contributed by atoms with Crippen LogP contribution in [0.15, 0.2) is 45.8 Å². The number of carbonyl (C=O) groups excluding carboxylic acids is 1. The summed E-state index contributed by atoms with van der Waals surface area (Å²) in [6.45, 7) is 2.43. The van der Waals surface area contributed by atoms with Gasteiger partial charge in [-0.05, 0) is 38.3 Å². The molecule has 2 aromatic heterocycles. The molecule has 0 saturated carbocycles. The zero-order valence-electron chi connectivity index (χ0n) is 14.4. The van der Waals surface area contributed by atoms with Gasteiger partial charge in [0.15, 0.2) is 18.0 Å². The second-order valence-electron chi connectivity index (χ2n) is 6.26. The topological polar surface area (TPSA) is 97.3 Å². The highest BCUT2D eigenvalue weighted by Crippen LogP contribution is 2.31. The highest BCUT2D eigenvalue weighted by molar-refractivity contribution is 5.90. The first-order chi connectivity index (χ1) is 12.7.